The van der Waals surface area contributed by atoms with E-state index in [-0.39, 0.29) is 18.4 Å². The second kappa shape index (κ2) is 4.23. The van der Waals surface area contributed by atoms with E-state index in [1.165, 1.54) is 4.90 Å². The van der Waals surface area contributed by atoms with Crippen LogP contribution in [0, 0.1) is 0 Å². The third kappa shape index (κ3) is 2.42. The maximum absolute atomic E-state index is 11.2. The number of amides is 1. The number of nitrogens with two attached hydrogens (primary N) is 1. The fraction of sp³-hybridized carbons (Fsp3) is 0.750. The van der Waals surface area contributed by atoms with Gasteiger partial charge in [0.15, 0.2) is 0 Å². The summed E-state index contributed by atoms with van der Waals surface area (Å²) in [6.45, 7) is 2.65. The first-order valence-electron chi connectivity index (χ1n) is 4.35. The number of hydrogen-bond acceptors (Lipinski definition) is 4. The van der Waals surface area contributed by atoms with Gasteiger partial charge in [0, 0.05) is 6.54 Å². The maximum atomic E-state index is 11.2. The van der Waals surface area contributed by atoms with Gasteiger partial charge in [0.05, 0.1) is 12.6 Å². The van der Waals surface area contributed by atoms with E-state index >= 15 is 0 Å². The summed E-state index contributed by atoms with van der Waals surface area (Å²) in [6, 6.07) is -0.436. The zero-order chi connectivity index (χ0) is 9.84. The minimum absolute atomic E-state index is 0.0281. The van der Waals surface area contributed by atoms with Crippen LogP contribution in [0.4, 0.5) is 0 Å². The highest BCUT2D eigenvalue weighted by Crippen LogP contribution is 2.08. The highest BCUT2D eigenvalue weighted by Gasteiger charge is 2.29. The van der Waals surface area contributed by atoms with Crippen molar-refractivity contribution in [3.05, 3.63) is 0 Å². The average Bonchev–Trinajstić information content (AvgIpc) is 2.37. The molecule has 1 heterocycles. The number of hydrogen-bond donors (Lipinski definition) is 1. The van der Waals surface area contributed by atoms with Crippen molar-refractivity contribution in [1.82, 2.24) is 4.90 Å². The number of nitrogens with zero attached hydrogens (tertiary/aromatic N) is 1. The number of esters is 1. The molecule has 0 aromatic heterocycles. The van der Waals surface area contributed by atoms with Crippen LogP contribution in [0.2, 0.25) is 0 Å². The van der Waals surface area contributed by atoms with Crippen LogP contribution in [0.15, 0.2) is 0 Å². The lowest BCUT2D eigenvalue weighted by atomic mass is 10.3. The molecule has 1 fully saturated rings. The predicted molar refractivity (Wildman–Crippen MR) is 45.8 cm³/mol. The second-order valence-corrected chi connectivity index (χ2v) is 2.96. The van der Waals surface area contributed by atoms with Gasteiger partial charge in [-0.1, -0.05) is 0 Å². The van der Waals surface area contributed by atoms with Crippen LogP contribution >= 0.6 is 0 Å². The van der Waals surface area contributed by atoms with Crippen molar-refractivity contribution in [3.8, 4) is 0 Å². The lowest BCUT2D eigenvalue weighted by Crippen LogP contribution is -2.37. The topological polar surface area (TPSA) is 72.6 Å². The van der Waals surface area contributed by atoms with Gasteiger partial charge in [-0.25, -0.2) is 0 Å². The molecule has 0 unspecified atom stereocenters. The van der Waals surface area contributed by atoms with Crippen LogP contribution in [-0.4, -0.2) is 42.5 Å². The van der Waals surface area contributed by atoms with Crippen LogP contribution in [0.5, 0.6) is 0 Å². The Labute approximate surface area is 76.8 Å². The fourth-order valence-corrected chi connectivity index (χ4v) is 1.28. The van der Waals surface area contributed by atoms with Gasteiger partial charge >= 0.3 is 5.97 Å². The molecule has 5 heteroatoms. The van der Waals surface area contributed by atoms with Crippen molar-refractivity contribution in [2.75, 3.05) is 19.7 Å². The standard InChI is InChI=1S/C8H14N2O3/c1-2-13-7(11)5-10-4-3-6(9)8(10)12/h6H,2-5,9H2,1H3/t6-/m0/s1. The van der Waals surface area contributed by atoms with Gasteiger partial charge < -0.3 is 15.4 Å². The molecule has 0 aliphatic carbocycles. The molecule has 0 spiro atoms. The Morgan fingerprint density at radius 1 is 1.77 bits per heavy atom. The summed E-state index contributed by atoms with van der Waals surface area (Å²) < 4.78 is 4.71. The number of carbonyl (C=O) groups excluding carboxylic acids is 2. The Morgan fingerprint density at radius 2 is 2.46 bits per heavy atom. The summed E-state index contributed by atoms with van der Waals surface area (Å²) in [7, 11) is 0. The van der Waals surface area contributed by atoms with E-state index in [1.54, 1.807) is 6.92 Å². The van der Waals surface area contributed by atoms with Crippen molar-refractivity contribution in [3.63, 3.8) is 0 Å². The largest absolute Gasteiger partial charge is 0.465 e. The molecule has 1 amide bonds. The molecule has 0 radical (unpaired) electrons. The highest BCUT2D eigenvalue weighted by atomic mass is 16.5. The summed E-state index contributed by atoms with van der Waals surface area (Å²) in [5.74, 6) is -0.530. The van der Waals surface area contributed by atoms with Crippen LogP contribution < -0.4 is 5.73 Å². The molecular formula is C8H14N2O3. The third-order valence-corrected chi connectivity index (χ3v) is 1.96. The van der Waals surface area contributed by atoms with Crippen LogP contribution in [0.25, 0.3) is 0 Å². The molecule has 0 aromatic carbocycles. The lowest BCUT2D eigenvalue weighted by molar-refractivity contribution is -0.147. The van der Waals surface area contributed by atoms with E-state index in [2.05, 4.69) is 0 Å². The zero-order valence-corrected chi connectivity index (χ0v) is 7.66. The molecule has 0 aromatic rings. The van der Waals surface area contributed by atoms with Crippen molar-refractivity contribution in [1.29, 1.82) is 0 Å². The minimum atomic E-state index is -0.436. The summed E-state index contributed by atoms with van der Waals surface area (Å²) in [4.78, 5) is 23.7. The van der Waals surface area contributed by atoms with E-state index in [4.69, 9.17) is 10.5 Å². The van der Waals surface area contributed by atoms with Crippen LogP contribution in [0.1, 0.15) is 13.3 Å². The second-order valence-electron chi connectivity index (χ2n) is 2.96. The monoisotopic (exact) mass is 186 g/mol. The van der Waals surface area contributed by atoms with Gasteiger partial charge in [-0.3, -0.25) is 9.59 Å². The number of ether oxygens (including phenoxy) is 1. The maximum Gasteiger partial charge on any atom is 0.325 e. The first-order chi connectivity index (χ1) is 6.15. The van der Waals surface area contributed by atoms with E-state index < -0.39 is 6.04 Å². The molecule has 0 saturated carbocycles. The molecule has 1 atom stereocenters. The molecule has 1 aliphatic rings. The van der Waals surface area contributed by atoms with Crippen LogP contribution in [0.3, 0.4) is 0 Å². The van der Waals surface area contributed by atoms with Gasteiger partial charge in [-0.05, 0) is 13.3 Å². The normalized spacial score (nSPS) is 22.2. The Bertz CT molecular complexity index is 217. The molecule has 1 saturated heterocycles. The summed E-state index contributed by atoms with van der Waals surface area (Å²) in [6.07, 6.45) is 0.623. The zero-order valence-electron chi connectivity index (χ0n) is 7.66. The predicted octanol–water partition coefficient (Wildman–Crippen LogP) is -0.891. The Balaban J connectivity index is 2.38. The smallest absolute Gasteiger partial charge is 0.325 e. The van der Waals surface area contributed by atoms with Gasteiger partial charge in [-0.2, -0.15) is 0 Å². The SMILES string of the molecule is CCOC(=O)CN1CC[C@H](N)C1=O. The van der Waals surface area contributed by atoms with Crippen molar-refractivity contribution in [2.24, 2.45) is 5.73 Å². The van der Waals surface area contributed by atoms with E-state index in [1.807, 2.05) is 0 Å². The molecule has 1 aliphatic heterocycles. The Morgan fingerprint density at radius 3 is 2.92 bits per heavy atom. The number of carbonyl (C=O) groups is 2. The van der Waals surface area contributed by atoms with Gasteiger partial charge in [0.2, 0.25) is 5.91 Å². The van der Waals surface area contributed by atoms with Gasteiger partial charge in [0.25, 0.3) is 0 Å². The Kier molecular flexibility index (Phi) is 3.25. The van der Waals surface area contributed by atoms with Crippen molar-refractivity contribution < 1.29 is 14.3 Å². The molecular weight excluding hydrogens is 172 g/mol. The first-order valence-corrected chi connectivity index (χ1v) is 4.35. The van der Waals surface area contributed by atoms with E-state index in [0.717, 1.165) is 0 Å². The lowest BCUT2D eigenvalue weighted by Gasteiger charge is -2.14. The summed E-state index contributed by atoms with van der Waals surface area (Å²) in [5, 5.41) is 0. The molecule has 5 nitrogen and oxygen atoms in total. The van der Waals surface area contributed by atoms with Gasteiger partial charge in [-0.15, -0.1) is 0 Å². The van der Waals surface area contributed by atoms with E-state index in [9.17, 15) is 9.59 Å². The number of rotatable bonds is 3. The molecule has 2 N–H and O–H groups in total. The van der Waals surface area contributed by atoms with Crippen molar-refractivity contribution >= 4 is 11.9 Å². The fourth-order valence-electron chi connectivity index (χ4n) is 1.28. The molecule has 13 heavy (non-hydrogen) atoms. The quantitative estimate of drug-likeness (QED) is 0.580. The third-order valence-electron chi connectivity index (χ3n) is 1.96. The molecule has 0 bridgehead atoms. The number of likely N-dealkylation sites (tertiary alicyclic amines) is 1. The first kappa shape index (κ1) is 9.98. The van der Waals surface area contributed by atoms with E-state index in [0.29, 0.717) is 19.6 Å². The minimum Gasteiger partial charge on any atom is -0.465 e. The average molecular weight is 186 g/mol. The summed E-state index contributed by atoms with van der Waals surface area (Å²) in [5.41, 5.74) is 5.48. The van der Waals surface area contributed by atoms with Crippen molar-refractivity contribution in [2.45, 2.75) is 19.4 Å². The van der Waals surface area contributed by atoms with Crippen LogP contribution in [-0.2, 0) is 14.3 Å². The summed E-state index contributed by atoms with van der Waals surface area (Å²) >= 11 is 0. The Hall–Kier alpha value is -1.10. The molecule has 74 valence electrons. The van der Waals surface area contributed by atoms with Gasteiger partial charge in [0.1, 0.15) is 6.54 Å². The molecule has 1 rings (SSSR count). The highest BCUT2D eigenvalue weighted by molar-refractivity contribution is 5.87.